The molecule has 0 spiro atoms. The number of nitrogens with zero attached hydrogens (tertiary/aromatic N) is 2. The van der Waals surface area contributed by atoms with Crippen molar-refractivity contribution in [3.8, 4) is 0 Å². The third kappa shape index (κ3) is 4.64. The average molecular weight is 411 g/mol. The minimum absolute atomic E-state index is 0.0126. The normalized spacial score (nSPS) is 22.0. The van der Waals surface area contributed by atoms with Gasteiger partial charge in [0.05, 0.1) is 5.92 Å². The van der Waals surface area contributed by atoms with Crippen LogP contribution >= 0.6 is 11.6 Å². The number of carbonyl (C=O) groups is 2. The number of benzene rings is 2. The molecule has 2 heterocycles. The molecule has 2 aliphatic rings. The lowest BCUT2D eigenvalue weighted by Gasteiger charge is -2.35. The number of hydrogen-bond acceptors (Lipinski definition) is 2. The van der Waals surface area contributed by atoms with Gasteiger partial charge < -0.3 is 9.80 Å². The number of piperidine rings is 1. The highest BCUT2D eigenvalue weighted by atomic mass is 35.5. The third-order valence-corrected chi connectivity index (χ3v) is 6.38. The number of likely N-dealkylation sites (tertiary alicyclic amines) is 2. The number of carbonyl (C=O) groups excluding carboxylic acids is 2. The number of amides is 2. The van der Waals surface area contributed by atoms with E-state index in [1.54, 1.807) is 24.3 Å². The third-order valence-electron chi connectivity index (χ3n) is 6.12. The summed E-state index contributed by atoms with van der Waals surface area (Å²) in [5.41, 5.74) is 1.91. The zero-order valence-corrected chi connectivity index (χ0v) is 17.4. The maximum atomic E-state index is 13.3. The maximum absolute atomic E-state index is 13.3. The summed E-state index contributed by atoms with van der Waals surface area (Å²) in [4.78, 5) is 30.1. The Bertz CT molecular complexity index is 853. The molecule has 5 heteroatoms. The van der Waals surface area contributed by atoms with Crippen molar-refractivity contribution >= 4 is 23.4 Å². The fourth-order valence-electron chi connectivity index (χ4n) is 4.60. The molecule has 152 valence electrons. The van der Waals surface area contributed by atoms with Crippen LogP contribution in [0.15, 0.2) is 54.6 Å². The SMILES string of the molecule is O=C(c1ccc(Cl)cc1)N1CCCC(C(=O)N2CCCC2Cc2ccccc2)C1. The van der Waals surface area contributed by atoms with Crippen LogP contribution in [-0.2, 0) is 11.2 Å². The van der Waals surface area contributed by atoms with E-state index in [9.17, 15) is 9.59 Å². The van der Waals surface area contributed by atoms with E-state index in [0.717, 1.165) is 38.6 Å². The molecule has 2 aliphatic heterocycles. The van der Waals surface area contributed by atoms with Crippen molar-refractivity contribution in [2.75, 3.05) is 19.6 Å². The lowest BCUT2D eigenvalue weighted by molar-refractivity contribution is -0.137. The first kappa shape index (κ1) is 20.0. The first-order valence-electron chi connectivity index (χ1n) is 10.5. The van der Waals surface area contributed by atoms with Crippen LogP contribution in [0.25, 0.3) is 0 Å². The van der Waals surface area contributed by atoms with Crippen LogP contribution in [0, 0.1) is 5.92 Å². The van der Waals surface area contributed by atoms with Crippen LogP contribution < -0.4 is 0 Å². The molecule has 0 bridgehead atoms. The van der Waals surface area contributed by atoms with Crippen molar-refractivity contribution in [1.82, 2.24) is 9.80 Å². The molecule has 2 unspecified atom stereocenters. The van der Waals surface area contributed by atoms with E-state index in [4.69, 9.17) is 11.6 Å². The topological polar surface area (TPSA) is 40.6 Å². The Kier molecular flexibility index (Phi) is 6.19. The second-order valence-corrected chi connectivity index (χ2v) is 8.55. The van der Waals surface area contributed by atoms with Crippen molar-refractivity contribution in [2.24, 2.45) is 5.92 Å². The zero-order valence-electron chi connectivity index (χ0n) is 16.6. The van der Waals surface area contributed by atoms with Gasteiger partial charge in [0, 0.05) is 36.3 Å². The van der Waals surface area contributed by atoms with Crippen LogP contribution in [0.1, 0.15) is 41.6 Å². The van der Waals surface area contributed by atoms with E-state index >= 15 is 0 Å². The Balaban J connectivity index is 1.41. The molecule has 0 saturated carbocycles. The highest BCUT2D eigenvalue weighted by Crippen LogP contribution is 2.27. The Hall–Kier alpha value is -2.33. The minimum Gasteiger partial charge on any atom is -0.339 e. The van der Waals surface area contributed by atoms with Gasteiger partial charge in [-0.05, 0) is 61.9 Å². The molecular formula is C24H27ClN2O2. The summed E-state index contributed by atoms with van der Waals surface area (Å²) >= 11 is 5.94. The molecule has 2 amide bonds. The Labute approximate surface area is 177 Å². The molecular weight excluding hydrogens is 384 g/mol. The van der Waals surface area contributed by atoms with E-state index in [1.165, 1.54) is 5.56 Å². The summed E-state index contributed by atoms with van der Waals surface area (Å²) < 4.78 is 0. The smallest absolute Gasteiger partial charge is 0.253 e. The van der Waals surface area contributed by atoms with Gasteiger partial charge in [0.15, 0.2) is 0 Å². The fraction of sp³-hybridized carbons (Fsp3) is 0.417. The van der Waals surface area contributed by atoms with Gasteiger partial charge in [-0.3, -0.25) is 9.59 Å². The summed E-state index contributed by atoms with van der Waals surface area (Å²) in [6.45, 7) is 2.05. The van der Waals surface area contributed by atoms with E-state index < -0.39 is 0 Å². The molecule has 4 rings (SSSR count). The Morgan fingerprint density at radius 2 is 1.66 bits per heavy atom. The van der Waals surface area contributed by atoms with E-state index in [-0.39, 0.29) is 23.8 Å². The molecule has 29 heavy (non-hydrogen) atoms. The van der Waals surface area contributed by atoms with Crippen LogP contribution in [0.4, 0.5) is 0 Å². The summed E-state index contributed by atoms with van der Waals surface area (Å²) in [7, 11) is 0. The lowest BCUT2D eigenvalue weighted by Crippen LogP contribution is -2.48. The van der Waals surface area contributed by atoms with E-state index in [2.05, 4.69) is 29.2 Å². The first-order chi connectivity index (χ1) is 14.1. The predicted molar refractivity (Wildman–Crippen MR) is 115 cm³/mol. The molecule has 0 aliphatic carbocycles. The molecule has 4 nitrogen and oxygen atoms in total. The lowest BCUT2D eigenvalue weighted by atomic mass is 9.95. The molecule has 2 saturated heterocycles. The maximum Gasteiger partial charge on any atom is 0.253 e. The van der Waals surface area contributed by atoms with E-state index in [1.807, 2.05) is 11.0 Å². The quantitative estimate of drug-likeness (QED) is 0.748. The monoisotopic (exact) mass is 410 g/mol. The number of hydrogen-bond donors (Lipinski definition) is 0. The molecule has 2 aromatic carbocycles. The minimum atomic E-state index is -0.101. The Morgan fingerprint density at radius 3 is 2.41 bits per heavy atom. The van der Waals surface area contributed by atoms with Crippen LogP contribution in [0.5, 0.6) is 0 Å². The molecule has 0 aromatic heterocycles. The highest BCUT2D eigenvalue weighted by Gasteiger charge is 2.36. The van der Waals surface area contributed by atoms with Crippen molar-refractivity contribution < 1.29 is 9.59 Å². The first-order valence-corrected chi connectivity index (χ1v) is 10.9. The van der Waals surface area contributed by atoms with Gasteiger partial charge in [0.2, 0.25) is 5.91 Å². The van der Waals surface area contributed by atoms with E-state index in [0.29, 0.717) is 23.7 Å². The van der Waals surface area contributed by atoms with Crippen LogP contribution in [0.3, 0.4) is 0 Å². The van der Waals surface area contributed by atoms with Gasteiger partial charge in [0.25, 0.3) is 5.91 Å². The number of halogens is 1. The molecule has 0 radical (unpaired) electrons. The summed E-state index contributed by atoms with van der Waals surface area (Å²) in [5.74, 6) is 0.106. The fourth-order valence-corrected chi connectivity index (χ4v) is 4.72. The molecule has 2 atom stereocenters. The van der Waals surface area contributed by atoms with Crippen molar-refractivity contribution in [1.29, 1.82) is 0 Å². The van der Waals surface area contributed by atoms with Crippen LogP contribution in [-0.4, -0.2) is 47.3 Å². The van der Waals surface area contributed by atoms with Crippen LogP contribution in [0.2, 0.25) is 5.02 Å². The number of rotatable bonds is 4. The second-order valence-electron chi connectivity index (χ2n) is 8.11. The van der Waals surface area contributed by atoms with Gasteiger partial charge in [0.1, 0.15) is 0 Å². The van der Waals surface area contributed by atoms with Gasteiger partial charge in [-0.15, -0.1) is 0 Å². The van der Waals surface area contributed by atoms with Gasteiger partial charge >= 0.3 is 0 Å². The average Bonchev–Trinajstić information content (AvgIpc) is 3.22. The molecule has 2 aromatic rings. The standard InChI is InChI=1S/C24H27ClN2O2/c25-21-12-10-19(11-13-21)23(28)26-14-4-8-20(17-26)24(29)27-15-5-9-22(27)16-18-6-2-1-3-7-18/h1-3,6-7,10-13,20,22H,4-5,8-9,14-17H2. The van der Waals surface area contributed by atoms with Gasteiger partial charge in [-0.25, -0.2) is 0 Å². The second kappa shape index (κ2) is 9.00. The van der Waals surface area contributed by atoms with Gasteiger partial charge in [-0.1, -0.05) is 41.9 Å². The summed E-state index contributed by atoms with van der Waals surface area (Å²) in [5, 5.41) is 0.617. The summed E-state index contributed by atoms with van der Waals surface area (Å²) in [6.07, 6.45) is 4.75. The molecule has 2 fully saturated rings. The van der Waals surface area contributed by atoms with Crippen molar-refractivity contribution in [3.63, 3.8) is 0 Å². The highest BCUT2D eigenvalue weighted by molar-refractivity contribution is 6.30. The van der Waals surface area contributed by atoms with Gasteiger partial charge in [-0.2, -0.15) is 0 Å². The molecule has 0 N–H and O–H groups in total. The summed E-state index contributed by atoms with van der Waals surface area (Å²) in [6, 6.07) is 17.7. The Morgan fingerprint density at radius 1 is 0.931 bits per heavy atom. The van der Waals surface area contributed by atoms with Crippen molar-refractivity contribution in [3.05, 3.63) is 70.7 Å². The van der Waals surface area contributed by atoms with Crippen molar-refractivity contribution in [2.45, 2.75) is 38.1 Å². The zero-order chi connectivity index (χ0) is 20.2. The largest absolute Gasteiger partial charge is 0.339 e. The predicted octanol–water partition coefficient (Wildman–Crippen LogP) is 4.43.